The fourth-order valence-corrected chi connectivity index (χ4v) is 3.37. The molecular weight excluding hydrogens is 344 g/mol. The van der Waals surface area contributed by atoms with E-state index < -0.39 is 0 Å². The Morgan fingerprint density at radius 2 is 1.70 bits per heavy atom. The van der Waals surface area contributed by atoms with Crippen molar-refractivity contribution >= 4 is 22.7 Å². The number of hydrogen-bond acceptors (Lipinski definition) is 4. The first-order chi connectivity index (χ1) is 13.2. The minimum Gasteiger partial charge on any atom is -0.497 e. The van der Waals surface area contributed by atoms with Crippen molar-refractivity contribution in [2.24, 2.45) is 0 Å². The lowest BCUT2D eigenvalue weighted by molar-refractivity contribution is 0.0536. The summed E-state index contributed by atoms with van der Waals surface area (Å²) >= 11 is 0. The van der Waals surface area contributed by atoms with Gasteiger partial charge in [-0.25, -0.2) is 0 Å². The first-order valence-corrected chi connectivity index (χ1v) is 8.82. The Hall–Kier alpha value is -3.35. The van der Waals surface area contributed by atoms with Crippen molar-refractivity contribution in [3.63, 3.8) is 0 Å². The van der Waals surface area contributed by atoms with Crippen molar-refractivity contribution < 1.29 is 14.3 Å². The van der Waals surface area contributed by atoms with Gasteiger partial charge in [0.05, 0.1) is 24.4 Å². The van der Waals surface area contributed by atoms with E-state index in [1.807, 2.05) is 18.2 Å². The quantitative estimate of drug-likeness (QED) is 0.773. The minimum absolute atomic E-state index is 0.0432. The van der Waals surface area contributed by atoms with Gasteiger partial charge in [0.25, 0.3) is 11.8 Å². The van der Waals surface area contributed by atoms with E-state index in [4.69, 9.17) is 4.74 Å². The number of carbonyl (C=O) groups is 2. The van der Waals surface area contributed by atoms with Gasteiger partial charge in [-0.05, 0) is 24.3 Å². The molecule has 3 aromatic rings. The van der Waals surface area contributed by atoms with Crippen LogP contribution in [0.3, 0.4) is 0 Å². The highest BCUT2D eigenvalue weighted by Crippen LogP contribution is 2.19. The van der Waals surface area contributed by atoms with Crippen molar-refractivity contribution in [1.29, 1.82) is 0 Å². The summed E-state index contributed by atoms with van der Waals surface area (Å²) in [7, 11) is 1.58. The summed E-state index contributed by atoms with van der Waals surface area (Å²) in [6.45, 7) is 2.00. The Morgan fingerprint density at radius 1 is 1.00 bits per heavy atom. The predicted molar refractivity (Wildman–Crippen MR) is 101 cm³/mol. The van der Waals surface area contributed by atoms with Crippen molar-refractivity contribution in [3.8, 4) is 5.75 Å². The van der Waals surface area contributed by atoms with Gasteiger partial charge in [-0.1, -0.05) is 18.2 Å². The van der Waals surface area contributed by atoms with Crippen LogP contribution in [-0.4, -0.2) is 65.1 Å². The predicted octanol–water partition coefficient (Wildman–Crippen LogP) is 2.17. The highest BCUT2D eigenvalue weighted by Gasteiger charge is 2.26. The molecule has 0 bridgehead atoms. The smallest absolute Gasteiger partial charge is 0.256 e. The topological polar surface area (TPSA) is 78.5 Å². The highest BCUT2D eigenvalue weighted by atomic mass is 16.5. The molecular formula is C20H20N4O3. The van der Waals surface area contributed by atoms with E-state index in [-0.39, 0.29) is 11.8 Å². The number of H-pyrrole nitrogens is 1. The lowest BCUT2D eigenvalue weighted by Gasteiger charge is -2.35. The highest BCUT2D eigenvalue weighted by molar-refractivity contribution is 6.05. The molecule has 7 nitrogen and oxygen atoms in total. The number of nitrogens with one attached hydrogen (secondary N) is 1. The maximum Gasteiger partial charge on any atom is 0.256 e. The van der Waals surface area contributed by atoms with E-state index in [0.717, 1.165) is 10.9 Å². The van der Waals surface area contributed by atoms with Crippen molar-refractivity contribution in [3.05, 3.63) is 59.8 Å². The van der Waals surface area contributed by atoms with Crippen LogP contribution in [0.25, 0.3) is 10.9 Å². The molecule has 1 saturated heterocycles. The third-order valence-electron chi connectivity index (χ3n) is 4.88. The van der Waals surface area contributed by atoms with Crippen molar-refractivity contribution in [1.82, 2.24) is 20.0 Å². The van der Waals surface area contributed by atoms with E-state index in [1.54, 1.807) is 47.4 Å². The fraction of sp³-hybridized carbons (Fsp3) is 0.250. The first-order valence-electron chi connectivity index (χ1n) is 8.82. The Balaban J connectivity index is 1.45. The van der Waals surface area contributed by atoms with Crippen LogP contribution < -0.4 is 4.74 Å². The number of carbonyl (C=O) groups excluding carboxylic acids is 2. The zero-order valence-corrected chi connectivity index (χ0v) is 15.0. The van der Waals surface area contributed by atoms with E-state index in [0.29, 0.717) is 43.1 Å². The van der Waals surface area contributed by atoms with E-state index in [9.17, 15) is 9.59 Å². The molecule has 0 saturated carbocycles. The largest absolute Gasteiger partial charge is 0.497 e. The molecule has 0 unspecified atom stereocenters. The maximum absolute atomic E-state index is 12.9. The third-order valence-corrected chi connectivity index (χ3v) is 4.88. The lowest BCUT2D eigenvalue weighted by atomic mass is 10.1. The van der Waals surface area contributed by atoms with Crippen LogP contribution in [-0.2, 0) is 0 Å². The Morgan fingerprint density at radius 3 is 2.44 bits per heavy atom. The molecule has 0 radical (unpaired) electrons. The minimum atomic E-state index is -0.0448. The molecule has 2 aromatic carbocycles. The van der Waals surface area contributed by atoms with Crippen LogP contribution in [0.15, 0.2) is 48.7 Å². The van der Waals surface area contributed by atoms with Gasteiger partial charge in [0.1, 0.15) is 5.75 Å². The maximum atomic E-state index is 12.9. The standard InChI is InChI=1S/C20H20N4O3/c1-27-16-6-2-4-14(12-16)19(25)23-8-10-24(11-9-23)20(26)17-7-3-5-15-13-21-22-18(15)17/h2-7,12-13H,8-11H2,1H3,(H,21,22). The molecule has 2 heterocycles. The van der Waals surface area contributed by atoms with E-state index in [1.165, 1.54) is 0 Å². The molecule has 1 fully saturated rings. The number of para-hydroxylation sites is 1. The monoisotopic (exact) mass is 364 g/mol. The number of rotatable bonds is 3. The summed E-state index contributed by atoms with van der Waals surface area (Å²) < 4.78 is 5.19. The van der Waals surface area contributed by atoms with Gasteiger partial charge in [-0.15, -0.1) is 0 Å². The third kappa shape index (κ3) is 3.23. The Labute approximate surface area is 156 Å². The molecule has 1 aromatic heterocycles. The average molecular weight is 364 g/mol. The van der Waals surface area contributed by atoms with Gasteiger partial charge in [-0.3, -0.25) is 14.7 Å². The van der Waals surface area contributed by atoms with Gasteiger partial charge < -0.3 is 14.5 Å². The Kier molecular flexibility index (Phi) is 4.50. The zero-order chi connectivity index (χ0) is 18.8. The zero-order valence-electron chi connectivity index (χ0n) is 15.0. The van der Waals surface area contributed by atoms with Crippen LogP contribution in [0.1, 0.15) is 20.7 Å². The second-order valence-corrected chi connectivity index (χ2v) is 6.46. The molecule has 1 aliphatic rings. The summed E-state index contributed by atoms with van der Waals surface area (Å²) in [6.07, 6.45) is 1.71. The molecule has 7 heteroatoms. The normalized spacial score (nSPS) is 14.4. The number of aromatic nitrogens is 2. The molecule has 1 N–H and O–H groups in total. The molecule has 1 aliphatic heterocycles. The number of hydrogen-bond donors (Lipinski definition) is 1. The van der Waals surface area contributed by atoms with Gasteiger partial charge >= 0.3 is 0 Å². The van der Waals surface area contributed by atoms with E-state index in [2.05, 4.69) is 10.2 Å². The summed E-state index contributed by atoms with van der Waals surface area (Å²) in [4.78, 5) is 29.2. The number of methoxy groups -OCH3 is 1. The molecule has 27 heavy (non-hydrogen) atoms. The molecule has 2 amide bonds. The second kappa shape index (κ2) is 7.11. The first kappa shape index (κ1) is 17.1. The fourth-order valence-electron chi connectivity index (χ4n) is 3.37. The number of piperazine rings is 1. The summed E-state index contributed by atoms with van der Waals surface area (Å²) in [6, 6.07) is 12.7. The SMILES string of the molecule is COc1cccc(C(=O)N2CCN(C(=O)c3cccc4cn[nH]c34)CC2)c1. The molecule has 138 valence electrons. The van der Waals surface area contributed by atoms with Crippen molar-refractivity contribution in [2.75, 3.05) is 33.3 Å². The molecule has 0 aliphatic carbocycles. The second-order valence-electron chi connectivity index (χ2n) is 6.46. The number of amides is 2. The van der Waals surface area contributed by atoms with Crippen LogP contribution in [0.2, 0.25) is 0 Å². The van der Waals surface area contributed by atoms with E-state index >= 15 is 0 Å². The summed E-state index contributed by atoms with van der Waals surface area (Å²) in [5.41, 5.74) is 1.95. The summed E-state index contributed by atoms with van der Waals surface area (Å²) in [5, 5.41) is 7.82. The van der Waals surface area contributed by atoms with Crippen molar-refractivity contribution in [2.45, 2.75) is 0 Å². The van der Waals surface area contributed by atoms with Gasteiger partial charge in [0.15, 0.2) is 0 Å². The van der Waals surface area contributed by atoms with Gasteiger partial charge in [0, 0.05) is 37.1 Å². The number of nitrogens with zero attached hydrogens (tertiary/aromatic N) is 3. The number of fused-ring (bicyclic) bond motifs is 1. The molecule has 0 spiro atoms. The number of ether oxygens (including phenoxy) is 1. The van der Waals surface area contributed by atoms with Crippen LogP contribution in [0.4, 0.5) is 0 Å². The number of benzene rings is 2. The van der Waals surface area contributed by atoms with Crippen LogP contribution >= 0.6 is 0 Å². The summed E-state index contributed by atoms with van der Waals surface area (Å²) in [5.74, 6) is 0.567. The van der Waals surface area contributed by atoms with Gasteiger partial charge in [0.2, 0.25) is 0 Å². The lowest BCUT2D eigenvalue weighted by Crippen LogP contribution is -2.50. The molecule has 4 rings (SSSR count). The molecule has 0 atom stereocenters. The number of aromatic amines is 1. The van der Waals surface area contributed by atoms with Crippen LogP contribution in [0, 0.1) is 0 Å². The average Bonchev–Trinajstić information content (AvgIpc) is 3.22. The Bertz CT molecular complexity index is 990. The van der Waals surface area contributed by atoms with Gasteiger partial charge in [-0.2, -0.15) is 5.10 Å². The van der Waals surface area contributed by atoms with Crippen LogP contribution in [0.5, 0.6) is 5.75 Å².